The lowest BCUT2D eigenvalue weighted by atomic mass is 9.77. The summed E-state index contributed by atoms with van der Waals surface area (Å²) < 4.78 is 2.05. The third kappa shape index (κ3) is 3.72. The van der Waals surface area contributed by atoms with Gasteiger partial charge in [-0.15, -0.1) is 0 Å². The van der Waals surface area contributed by atoms with Crippen LogP contribution in [0, 0.1) is 0 Å². The van der Waals surface area contributed by atoms with E-state index in [1.54, 1.807) is 0 Å². The van der Waals surface area contributed by atoms with Crippen LogP contribution in [0.15, 0.2) is 42.9 Å². The van der Waals surface area contributed by atoms with Crippen LogP contribution in [0.1, 0.15) is 42.7 Å². The summed E-state index contributed by atoms with van der Waals surface area (Å²) in [5.41, 5.74) is 2.58. The number of anilines is 1. The fourth-order valence-corrected chi connectivity index (χ4v) is 3.99. The highest BCUT2D eigenvalue weighted by Crippen LogP contribution is 2.35. The van der Waals surface area contributed by atoms with Gasteiger partial charge in [0.2, 0.25) is 5.91 Å². The molecular formula is C22H25N5O2. The highest BCUT2D eigenvalue weighted by Gasteiger charge is 2.35. The van der Waals surface area contributed by atoms with Crippen molar-refractivity contribution >= 4 is 28.5 Å². The van der Waals surface area contributed by atoms with E-state index in [2.05, 4.69) is 22.2 Å². The summed E-state index contributed by atoms with van der Waals surface area (Å²) in [7, 11) is 2.00. The zero-order valence-corrected chi connectivity index (χ0v) is 17.0. The topological polar surface area (TPSA) is 80.1 Å². The smallest absolute Gasteiger partial charge is 0.253 e. The average Bonchev–Trinajstić information content (AvgIpc) is 3.08. The average molecular weight is 391 g/mol. The van der Waals surface area contributed by atoms with E-state index in [-0.39, 0.29) is 17.2 Å². The van der Waals surface area contributed by atoms with E-state index in [0.29, 0.717) is 18.9 Å². The summed E-state index contributed by atoms with van der Waals surface area (Å²) in [6, 6.07) is 9.74. The van der Waals surface area contributed by atoms with Crippen LogP contribution in [0.3, 0.4) is 0 Å². The second kappa shape index (κ2) is 7.31. The van der Waals surface area contributed by atoms with Gasteiger partial charge in [0.25, 0.3) is 5.91 Å². The molecule has 3 heterocycles. The maximum atomic E-state index is 13.0. The first kappa shape index (κ1) is 19.1. The molecule has 0 aliphatic carbocycles. The number of benzene rings is 1. The standard InChI is InChI=1S/C22H25N5O2/c1-15(28)25-20-13-19(23-14-24-20)22(2)7-10-27(11-8-22)21(29)17-4-5-18-16(12-17)6-9-26(18)3/h4-6,9,12-14H,7-8,10-11H2,1-3H3,(H,23,24,25,28). The molecule has 7 nitrogen and oxygen atoms in total. The van der Waals surface area contributed by atoms with Gasteiger partial charge in [0.15, 0.2) is 0 Å². The highest BCUT2D eigenvalue weighted by molar-refractivity contribution is 5.98. The van der Waals surface area contributed by atoms with Gasteiger partial charge in [-0.05, 0) is 37.1 Å². The van der Waals surface area contributed by atoms with Crippen LogP contribution < -0.4 is 5.32 Å². The third-order valence-corrected chi connectivity index (χ3v) is 5.88. The number of rotatable bonds is 3. The number of likely N-dealkylation sites (tertiary alicyclic amines) is 1. The van der Waals surface area contributed by atoms with E-state index in [0.717, 1.165) is 35.0 Å². The van der Waals surface area contributed by atoms with Crippen LogP contribution >= 0.6 is 0 Å². The fourth-order valence-electron chi connectivity index (χ4n) is 3.99. The first-order chi connectivity index (χ1) is 13.9. The predicted octanol–water partition coefficient (Wildman–Crippen LogP) is 3.12. The Bertz CT molecular complexity index is 1080. The normalized spacial score (nSPS) is 16.0. The number of aromatic nitrogens is 3. The van der Waals surface area contributed by atoms with Gasteiger partial charge in [-0.2, -0.15) is 0 Å². The van der Waals surface area contributed by atoms with Gasteiger partial charge in [-0.3, -0.25) is 9.59 Å². The lowest BCUT2D eigenvalue weighted by Crippen LogP contribution is -2.44. The van der Waals surface area contributed by atoms with Gasteiger partial charge >= 0.3 is 0 Å². The Morgan fingerprint density at radius 2 is 1.86 bits per heavy atom. The minimum atomic E-state index is -0.157. The Morgan fingerprint density at radius 3 is 2.59 bits per heavy atom. The van der Waals surface area contributed by atoms with E-state index in [1.165, 1.54) is 13.3 Å². The molecule has 4 rings (SSSR count). The molecule has 0 saturated carbocycles. The largest absolute Gasteiger partial charge is 0.351 e. The van der Waals surface area contributed by atoms with Crippen molar-refractivity contribution in [1.82, 2.24) is 19.4 Å². The molecule has 1 aliphatic rings. The summed E-state index contributed by atoms with van der Waals surface area (Å²) in [4.78, 5) is 34.8. The van der Waals surface area contributed by atoms with Crippen molar-refractivity contribution in [1.29, 1.82) is 0 Å². The Hall–Kier alpha value is -3.22. The van der Waals surface area contributed by atoms with Crippen molar-refractivity contribution < 1.29 is 9.59 Å². The summed E-state index contributed by atoms with van der Waals surface area (Å²) >= 11 is 0. The zero-order valence-electron chi connectivity index (χ0n) is 17.0. The quantitative estimate of drug-likeness (QED) is 0.744. The summed E-state index contributed by atoms with van der Waals surface area (Å²) in [5, 5.41) is 3.79. The van der Waals surface area contributed by atoms with Crippen molar-refractivity contribution in [3.63, 3.8) is 0 Å². The molecule has 3 aromatic rings. The van der Waals surface area contributed by atoms with Crippen molar-refractivity contribution in [3.05, 3.63) is 54.1 Å². The number of amides is 2. The Kier molecular flexibility index (Phi) is 4.82. The minimum Gasteiger partial charge on any atom is -0.351 e. The SMILES string of the molecule is CC(=O)Nc1cc(C2(C)CCN(C(=O)c3ccc4c(ccn4C)c3)CC2)ncn1. The first-order valence-electron chi connectivity index (χ1n) is 9.80. The molecule has 0 spiro atoms. The van der Waals surface area contributed by atoms with Crippen LogP contribution in [0.2, 0.25) is 0 Å². The number of hydrogen-bond acceptors (Lipinski definition) is 4. The zero-order chi connectivity index (χ0) is 20.6. The van der Waals surface area contributed by atoms with Crippen LogP contribution in [-0.4, -0.2) is 44.3 Å². The molecule has 1 saturated heterocycles. The van der Waals surface area contributed by atoms with Crippen molar-refractivity contribution in [2.45, 2.75) is 32.1 Å². The Morgan fingerprint density at radius 1 is 1.10 bits per heavy atom. The van der Waals surface area contributed by atoms with E-state index in [1.807, 2.05) is 53.0 Å². The van der Waals surface area contributed by atoms with E-state index in [4.69, 9.17) is 0 Å². The predicted molar refractivity (Wildman–Crippen MR) is 112 cm³/mol. The van der Waals surface area contributed by atoms with E-state index < -0.39 is 0 Å². The van der Waals surface area contributed by atoms with Crippen molar-refractivity contribution in [2.24, 2.45) is 7.05 Å². The number of carbonyl (C=O) groups excluding carboxylic acids is 2. The molecule has 1 N–H and O–H groups in total. The van der Waals surface area contributed by atoms with Crippen LogP contribution in [-0.2, 0) is 17.3 Å². The monoisotopic (exact) mass is 391 g/mol. The Balaban J connectivity index is 1.48. The lowest BCUT2D eigenvalue weighted by Gasteiger charge is -2.39. The van der Waals surface area contributed by atoms with Gasteiger partial charge in [0.1, 0.15) is 12.1 Å². The highest BCUT2D eigenvalue weighted by atomic mass is 16.2. The molecule has 7 heteroatoms. The number of fused-ring (bicyclic) bond motifs is 1. The molecule has 2 aromatic heterocycles. The minimum absolute atomic E-state index is 0.0689. The number of aryl methyl sites for hydroxylation is 1. The maximum absolute atomic E-state index is 13.0. The fraction of sp³-hybridized carbons (Fsp3) is 0.364. The van der Waals surface area contributed by atoms with Crippen LogP contribution in [0.25, 0.3) is 10.9 Å². The molecule has 0 unspecified atom stereocenters. The molecule has 150 valence electrons. The summed E-state index contributed by atoms with van der Waals surface area (Å²) in [5.74, 6) is 0.424. The maximum Gasteiger partial charge on any atom is 0.253 e. The number of piperidine rings is 1. The number of nitrogens with one attached hydrogen (secondary N) is 1. The number of hydrogen-bond donors (Lipinski definition) is 1. The molecule has 2 amide bonds. The van der Waals surface area contributed by atoms with Gasteiger partial charge in [0.05, 0.1) is 5.69 Å². The Labute approximate surface area is 169 Å². The second-order valence-corrected chi connectivity index (χ2v) is 8.02. The van der Waals surface area contributed by atoms with Crippen molar-refractivity contribution in [2.75, 3.05) is 18.4 Å². The van der Waals surface area contributed by atoms with Crippen LogP contribution in [0.4, 0.5) is 5.82 Å². The first-order valence-corrected chi connectivity index (χ1v) is 9.80. The van der Waals surface area contributed by atoms with E-state index >= 15 is 0 Å². The van der Waals surface area contributed by atoms with E-state index in [9.17, 15) is 9.59 Å². The molecule has 1 fully saturated rings. The molecule has 0 atom stereocenters. The van der Waals surface area contributed by atoms with Gasteiger partial charge < -0.3 is 14.8 Å². The van der Waals surface area contributed by atoms with Gasteiger partial charge in [-0.1, -0.05) is 6.92 Å². The summed E-state index contributed by atoms with van der Waals surface area (Å²) in [6.45, 7) is 4.95. The molecule has 0 bridgehead atoms. The van der Waals surface area contributed by atoms with Gasteiger partial charge in [-0.25, -0.2) is 9.97 Å². The lowest BCUT2D eigenvalue weighted by molar-refractivity contribution is -0.114. The van der Waals surface area contributed by atoms with Crippen LogP contribution in [0.5, 0.6) is 0 Å². The summed E-state index contributed by atoms with van der Waals surface area (Å²) in [6.07, 6.45) is 5.10. The van der Waals surface area contributed by atoms with Crippen molar-refractivity contribution in [3.8, 4) is 0 Å². The second-order valence-electron chi connectivity index (χ2n) is 8.02. The number of nitrogens with zero attached hydrogens (tertiary/aromatic N) is 4. The van der Waals surface area contributed by atoms with Gasteiger partial charge in [0, 0.05) is 61.2 Å². The molecule has 1 aromatic carbocycles. The molecular weight excluding hydrogens is 366 g/mol. The number of carbonyl (C=O) groups is 2. The molecule has 0 radical (unpaired) electrons. The molecule has 1 aliphatic heterocycles. The third-order valence-electron chi connectivity index (χ3n) is 5.88. The molecule has 29 heavy (non-hydrogen) atoms.